The van der Waals surface area contributed by atoms with Gasteiger partial charge in [-0.05, 0) is 25.2 Å². The molecule has 0 aliphatic carbocycles. The highest BCUT2D eigenvalue weighted by atomic mass is 16.5. The van der Waals surface area contributed by atoms with Crippen LogP contribution in [-0.4, -0.2) is 19.0 Å². The Bertz CT molecular complexity index is 137. The fourth-order valence-corrected chi connectivity index (χ4v) is 1.67. The van der Waals surface area contributed by atoms with Crippen molar-refractivity contribution in [1.82, 2.24) is 0 Å². The summed E-state index contributed by atoms with van der Waals surface area (Å²) in [5, 5.41) is 0. The first-order chi connectivity index (χ1) is 5.83. The lowest BCUT2D eigenvalue weighted by molar-refractivity contribution is -0.121. The molecule has 2 nitrogen and oxygen atoms in total. The number of ketones is 1. The molecule has 0 bridgehead atoms. The maximum Gasteiger partial charge on any atom is 0.133 e. The molecular weight excluding hydrogens is 152 g/mol. The summed E-state index contributed by atoms with van der Waals surface area (Å²) in [7, 11) is 0. The number of hydrogen-bond donors (Lipinski definition) is 0. The van der Waals surface area contributed by atoms with Crippen LogP contribution in [0.5, 0.6) is 0 Å². The minimum atomic E-state index is 0.410. The van der Waals surface area contributed by atoms with Crippen molar-refractivity contribution in [2.24, 2.45) is 5.92 Å². The van der Waals surface area contributed by atoms with Gasteiger partial charge in [-0.1, -0.05) is 6.92 Å². The third-order valence-corrected chi connectivity index (χ3v) is 2.30. The molecule has 0 saturated carbocycles. The number of hydrogen-bond acceptors (Lipinski definition) is 2. The monoisotopic (exact) mass is 170 g/mol. The highest BCUT2D eigenvalue weighted by Crippen LogP contribution is 2.18. The molecule has 1 unspecified atom stereocenters. The van der Waals surface area contributed by atoms with E-state index in [9.17, 15) is 4.79 Å². The van der Waals surface area contributed by atoms with E-state index < -0.39 is 0 Å². The fraction of sp³-hybridized carbons (Fsp3) is 0.900. The van der Waals surface area contributed by atoms with Crippen molar-refractivity contribution in [3.63, 3.8) is 0 Å². The van der Waals surface area contributed by atoms with Crippen LogP contribution in [0.4, 0.5) is 0 Å². The number of carbonyl (C=O) groups is 1. The molecule has 0 spiro atoms. The minimum absolute atomic E-state index is 0.410. The molecule has 1 atom stereocenters. The van der Waals surface area contributed by atoms with Crippen molar-refractivity contribution in [2.75, 3.05) is 13.2 Å². The summed E-state index contributed by atoms with van der Waals surface area (Å²) in [6.45, 7) is 3.74. The molecule has 0 N–H and O–H groups in total. The van der Waals surface area contributed by atoms with Gasteiger partial charge < -0.3 is 4.74 Å². The van der Waals surface area contributed by atoms with Crippen LogP contribution in [0.1, 0.15) is 39.0 Å². The summed E-state index contributed by atoms with van der Waals surface area (Å²) in [6.07, 6.45) is 4.77. The predicted molar refractivity (Wildman–Crippen MR) is 48.1 cm³/mol. The van der Waals surface area contributed by atoms with Crippen LogP contribution in [0.3, 0.4) is 0 Å². The van der Waals surface area contributed by atoms with Gasteiger partial charge in [0.05, 0.1) is 0 Å². The van der Waals surface area contributed by atoms with Crippen molar-refractivity contribution in [1.29, 1.82) is 0 Å². The number of carbonyl (C=O) groups excluding carboxylic acids is 1. The summed E-state index contributed by atoms with van der Waals surface area (Å²) in [5.41, 5.74) is 0. The summed E-state index contributed by atoms with van der Waals surface area (Å²) >= 11 is 0. The second kappa shape index (κ2) is 5.31. The van der Waals surface area contributed by atoms with Crippen LogP contribution in [0.2, 0.25) is 0 Å². The first-order valence-corrected chi connectivity index (χ1v) is 4.92. The van der Waals surface area contributed by atoms with E-state index in [0.717, 1.165) is 38.9 Å². The predicted octanol–water partition coefficient (Wildman–Crippen LogP) is 2.17. The zero-order chi connectivity index (χ0) is 8.81. The lowest BCUT2D eigenvalue weighted by atomic mass is 9.95. The van der Waals surface area contributed by atoms with Gasteiger partial charge in [0.2, 0.25) is 0 Å². The van der Waals surface area contributed by atoms with Gasteiger partial charge in [0.15, 0.2) is 0 Å². The van der Waals surface area contributed by atoms with Gasteiger partial charge in [-0.25, -0.2) is 0 Å². The second-order valence-electron chi connectivity index (χ2n) is 3.58. The van der Waals surface area contributed by atoms with Crippen LogP contribution in [-0.2, 0) is 9.53 Å². The first kappa shape index (κ1) is 9.72. The van der Waals surface area contributed by atoms with Crippen molar-refractivity contribution in [3.8, 4) is 0 Å². The van der Waals surface area contributed by atoms with Gasteiger partial charge in [-0.3, -0.25) is 4.79 Å². The third kappa shape index (κ3) is 3.35. The van der Waals surface area contributed by atoms with Gasteiger partial charge in [0.1, 0.15) is 5.78 Å². The molecule has 70 valence electrons. The molecule has 1 aliphatic rings. The van der Waals surface area contributed by atoms with E-state index in [1.54, 1.807) is 0 Å². The molecule has 0 aromatic carbocycles. The first-order valence-electron chi connectivity index (χ1n) is 4.92. The zero-order valence-electron chi connectivity index (χ0n) is 7.84. The van der Waals surface area contributed by atoms with Crippen LogP contribution < -0.4 is 0 Å². The highest BCUT2D eigenvalue weighted by molar-refractivity contribution is 5.78. The Labute approximate surface area is 74.3 Å². The number of rotatable bonds is 4. The third-order valence-electron chi connectivity index (χ3n) is 2.30. The van der Waals surface area contributed by atoms with Gasteiger partial charge in [0, 0.05) is 26.1 Å². The Morgan fingerprint density at radius 3 is 3.00 bits per heavy atom. The minimum Gasteiger partial charge on any atom is -0.381 e. The van der Waals surface area contributed by atoms with Crippen LogP contribution in [0.15, 0.2) is 0 Å². The maximum atomic E-state index is 11.3. The van der Waals surface area contributed by atoms with E-state index in [-0.39, 0.29) is 0 Å². The molecule has 0 amide bonds. The van der Waals surface area contributed by atoms with Crippen LogP contribution >= 0.6 is 0 Å². The molecule has 2 heteroatoms. The quantitative estimate of drug-likeness (QED) is 0.646. The topological polar surface area (TPSA) is 26.3 Å². The van der Waals surface area contributed by atoms with Crippen molar-refractivity contribution >= 4 is 5.78 Å². The normalized spacial score (nSPS) is 23.9. The Morgan fingerprint density at radius 2 is 2.42 bits per heavy atom. The van der Waals surface area contributed by atoms with E-state index in [1.807, 2.05) is 0 Å². The molecule has 1 fully saturated rings. The molecule has 0 radical (unpaired) electrons. The van der Waals surface area contributed by atoms with Gasteiger partial charge in [-0.2, -0.15) is 0 Å². The van der Waals surface area contributed by atoms with Crippen molar-refractivity contribution < 1.29 is 9.53 Å². The Hall–Kier alpha value is -0.370. The van der Waals surface area contributed by atoms with E-state index in [1.165, 1.54) is 6.42 Å². The molecule has 0 aromatic rings. The van der Waals surface area contributed by atoms with Crippen LogP contribution in [0, 0.1) is 5.92 Å². The largest absolute Gasteiger partial charge is 0.381 e. The Balaban J connectivity index is 2.15. The van der Waals surface area contributed by atoms with Gasteiger partial charge >= 0.3 is 0 Å². The summed E-state index contributed by atoms with van der Waals surface area (Å²) < 4.78 is 5.31. The average molecular weight is 170 g/mol. The van der Waals surface area contributed by atoms with E-state index in [2.05, 4.69) is 6.92 Å². The van der Waals surface area contributed by atoms with Crippen molar-refractivity contribution in [2.45, 2.75) is 39.0 Å². The SMILES string of the molecule is CCCC(=O)CC1CCCOC1. The smallest absolute Gasteiger partial charge is 0.133 e. The summed E-state index contributed by atoms with van der Waals surface area (Å²) in [5.74, 6) is 0.922. The Morgan fingerprint density at radius 1 is 1.58 bits per heavy atom. The number of Topliss-reactive ketones (excluding diaryl/α,β-unsaturated/α-hetero) is 1. The second-order valence-corrected chi connectivity index (χ2v) is 3.58. The average Bonchev–Trinajstić information content (AvgIpc) is 2.06. The Kier molecular flexibility index (Phi) is 4.30. The molecule has 1 aliphatic heterocycles. The van der Waals surface area contributed by atoms with E-state index in [0.29, 0.717) is 11.7 Å². The molecule has 1 saturated heterocycles. The van der Waals surface area contributed by atoms with Crippen molar-refractivity contribution in [3.05, 3.63) is 0 Å². The standard InChI is InChI=1S/C10H18O2/c1-2-4-10(11)7-9-5-3-6-12-8-9/h9H,2-8H2,1H3. The van der Waals surface area contributed by atoms with Gasteiger partial charge in [0.25, 0.3) is 0 Å². The zero-order valence-corrected chi connectivity index (χ0v) is 7.84. The summed E-state index contributed by atoms with van der Waals surface area (Å²) in [6, 6.07) is 0. The van der Waals surface area contributed by atoms with Gasteiger partial charge in [-0.15, -0.1) is 0 Å². The van der Waals surface area contributed by atoms with Crippen LogP contribution in [0.25, 0.3) is 0 Å². The molecular formula is C10H18O2. The number of ether oxygens (including phenoxy) is 1. The van der Waals surface area contributed by atoms with E-state index in [4.69, 9.17) is 4.74 Å². The van der Waals surface area contributed by atoms with E-state index >= 15 is 0 Å². The lowest BCUT2D eigenvalue weighted by Crippen LogP contribution is -2.20. The fourth-order valence-electron chi connectivity index (χ4n) is 1.67. The highest BCUT2D eigenvalue weighted by Gasteiger charge is 2.16. The molecule has 1 heterocycles. The molecule has 0 aromatic heterocycles. The summed E-state index contributed by atoms with van der Waals surface area (Å²) in [4.78, 5) is 11.3. The maximum absolute atomic E-state index is 11.3. The molecule has 12 heavy (non-hydrogen) atoms. The molecule has 1 rings (SSSR count). The lowest BCUT2D eigenvalue weighted by Gasteiger charge is -2.20.